The molecule has 0 saturated carbocycles. The number of hydrogen-bond acceptors (Lipinski definition) is 5. The Bertz CT molecular complexity index is 1110. The highest BCUT2D eigenvalue weighted by atomic mass is 32.2. The zero-order valence-corrected chi connectivity index (χ0v) is 15.4. The van der Waals surface area contributed by atoms with Crippen LogP contribution in [0.1, 0.15) is 15.9 Å². The van der Waals surface area contributed by atoms with Crippen LogP contribution in [-0.2, 0) is 10.0 Å². The van der Waals surface area contributed by atoms with E-state index >= 15 is 0 Å². The molecule has 0 radical (unpaired) electrons. The minimum Gasteiger partial charge on any atom is -0.298 e. The van der Waals surface area contributed by atoms with Crippen LogP contribution in [0.3, 0.4) is 0 Å². The summed E-state index contributed by atoms with van der Waals surface area (Å²) in [5, 5.41) is 3.24. The van der Waals surface area contributed by atoms with E-state index in [1.807, 2.05) is 25.1 Å². The Labute approximate surface area is 155 Å². The van der Waals surface area contributed by atoms with Gasteiger partial charge in [0.1, 0.15) is 0 Å². The molecule has 0 unspecified atom stereocenters. The van der Waals surface area contributed by atoms with Crippen molar-refractivity contribution in [1.29, 1.82) is 0 Å². The fourth-order valence-electron chi connectivity index (χ4n) is 2.31. The van der Waals surface area contributed by atoms with Crippen LogP contribution in [0.2, 0.25) is 0 Å². The lowest BCUT2D eigenvalue weighted by molar-refractivity contribution is 0.102. The van der Waals surface area contributed by atoms with E-state index in [4.69, 9.17) is 6.42 Å². The van der Waals surface area contributed by atoms with E-state index in [0.29, 0.717) is 10.7 Å². The van der Waals surface area contributed by atoms with E-state index < -0.39 is 10.0 Å². The van der Waals surface area contributed by atoms with Gasteiger partial charge in [0, 0.05) is 5.56 Å². The van der Waals surface area contributed by atoms with Gasteiger partial charge in [0.05, 0.1) is 21.7 Å². The van der Waals surface area contributed by atoms with Crippen LogP contribution in [0.15, 0.2) is 47.4 Å². The fourth-order valence-corrected chi connectivity index (χ4v) is 4.19. The second-order valence-corrected chi connectivity index (χ2v) is 8.25. The summed E-state index contributed by atoms with van der Waals surface area (Å²) >= 11 is 1.38. The molecule has 3 aromatic rings. The number of anilines is 1. The monoisotopic (exact) mass is 385 g/mol. The lowest BCUT2D eigenvalue weighted by atomic mass is 10.2. The number of sulfonamides is 1. The first-order valence-electron chi connectivity index (χ1n) is 7.61. The maximum absolute atomic E-state index is 12.4. The third-order valence-electron chi connectivity index (χ3n) is 3.63. The van der Waals surface area contributed by atoms with Gasteiger partial charge < -0.3 is 0 Å². The normalized spacial score (nSPS) is 11.2. The number of terminal acetylenes is 1. The van der Waals surface area contributed by atoms with Gasteiger partial charge in [-0.1, -0.05) is 29.4 Å². The van der Waals surface area contributed by atoms with Crippen molar-refractivity contribution >= 4 is 42.6 Å². The molecule has 6 nitrogen and oxygen atoms in total. The molecule has 8 heteroatoms. The highest BCUT2D eigenvalue weighted by Gasteiger charge is 2.15. The fraction of sp³-hybridized carbons (Fsp3) is 0.111. The number of hydrogen-bond donors (Lipinski definition) is 2. The van der Waals surface area contributed by atoms with E-state index in [1.165, 1.54) is 35.6 Å². The zero-order chi connectivity index (χ0) is 18.7. The summed E-state index contributed by atoms with van der Waals surface area (Å²) in [5.41, 5.74) is 2.22. The number of carbonyl (C=O) groups is 1. The van der Waals surface area contributed by atoms with Gasteiger partial charge in [-0.25, -0.2) is 13.4 Å². The second-order valence-electron chi connectivity index (χ2n) is 5.45. The van der Waals surface area contributed by atoms with Crippen molar-refractivity contribution in [3.63, 3.8) is 0 Å². The molecule has 0 aliphatic carbocycles. The van der Waals surface area contributed by atoms with Gasteiger partial charge in [0.15, 0.2) is 5.13 Å². The highest BCUT2D eigenvalue weighted by Crippen LogP contribution is 2.28. The molecule has 132 valence electrons. The summed E-state index contributed by atoms with van der Waals surface area (Å²) < 4.78 is 27.2. The maximum Gasteiger partial charge on any atom is 0.257 e. The predicted molar refractivity (Wildman–Crippen MR) is 103 cm³/mol. The Kier molecular flexibility index (Phi) is 5.04. The van der Waals surface area contributed by atoms with Gasteiger partial charge in [-0.05, 0) is 42.8 Å². The van der Waals surface area contributed by atoms with Gasteiger partial charge in [-0.2, -0.15) is 4.72 Å². The number of fused-ring (bicyclic) bond motifs is 1. The Morgan fingerprint density at radius 3 is 2.62 bits per heavy atom. The molecule has 1 heterocycles. The van der Waals surface area contributed by atoms with E-state index in [9.17, 15) is 13.2 Å². The number of para-hydroxylation sites is 1. The number of nitrogens with zero attached hydrogens (tertiary/aromatic N) is 1. The smallest absolute Gasteiger partial charge is 0.257 e. The molecule has 0 saturated heterocycles. The number of amides is 1. The van der Waals surface area contributed by atoms with Gasteiger partial charge in [0.2, 0.25) is 10.0 Å². The zero-order valence-electron chi connectivity index (χ0n) is 13.8. The number of aromatic nitrogens is 1. The van der Waals surface area contributed by atoms with Gasteiger partial charge in [-0.15, -0.1) is 6.42 Å². The van der Waals surface area contributed by atoms with Gasteiger partial charge >= 0.3 is 0 Å². The number of thiazole rings is 1. The number of nitrogens with one attached hydrogen (secondary N) is 2. The molecule has 0 bridgehead atoms. The van der Waals surface area contributed by atoms with Crippen LogP contribution >= 0.6 is 11.3 Å². The summed E-state index contributed by atoms with van der Waals surface area (Å²) in [6, 6.07) is 11.4. The molecule has 1 amide bonds. The topological polar surface area (TPSA) is 88.2 Å². The predicted octanol–water partition coefficient (Wildman–Crippen LogP) is 2.77. The van der Waals surface area contributed by atoms with Crippen LogP contribution in [0.4, 0.5) is 5.13 Å². The lowest BCUT2D eigenvalue weighted by Gasteiger charge is -2.05. The van der Waals surface area contributed by atoms with Crippen molar-refractivity contribution in [3.05, 3.63) is 53.6 Å². The number of benzene rings is 2. The van der Waals surface area contributed by atoms with Crippen LogP contribution in [0, 0.1) is 19.3 Å². The first kappa shape index (κ1) is 18.1. The number of aryl methyl sites for hydroxylation is 1. The molecule has 1 aromatic heterocycles. The molecule has 26 heavy (non-hydrogen) atoms. The summed E-state index contributed by atoms with van der Waals surface area (Å²) in [7, 11) is -3.68. The third-order valence-corrected chi connectivity index (χ3v) is 5.99. The molecule has 0 atom stereocenters. The number of rotatable bonds is 5. The van der Waals surface area contributed by atoms with Crippen molar-refractivity contribution in [2.45, 2.75) is 11.8 Å². The average molecular weight is 385 g/mol. The Hall–Kier alpha value is -2.73. The van der Waals surface area contributed by atoms with Crippen molar-refractivity contribution < 1.29 is 13.2 Å². The standard InChI is InChI=1S/C18H15N3O3S2/c1-3-11-19-26(23,24)14-9-7-13(8-10-14)17(22)21-18-20-16-12(2)5-4-6-15(16)25-18/h1,4-10,19H,11H2,2H3,(H,20,21,22). The van der Waals surface area contributed by atoms with E-state index in [0.717, 1.165) is 15.8 Å². The van der Waals surface area contributed by atoms with Crippen LogP contribution < -0.4 is 10.0 Å². The molecule has 0 aliphatic heterocycles. The van der Waals surface area contributed by atoms with Crippen LogP contribution in [-0.4, -0.2) is 25.9 Å². The van der Waals surface area contributed by atoms with Crippen LogP contribution in [0.25, 0.3) is 10.2 Å². The molecule has 0 fully saturated rings. The van der Waals surface area contributed by atoms with Crippen molar-refractivity contribution in [3.8, 4) is 12.3 Å². The van der Waals surface area contributed by atoms with E-state index in [2.05, 4.69) is 20.9 Å². The highest BCUT2D eigenvalue weighted by molar-refractivity contribution is 7.89. The second kappa shape index (κ2) is 7.25. The van der Waals surface area contributed by atoms with E-state index in [-0.39, 0.29) is 17.3 Å². The summed E-state index contributed by atoms with van der Waals surface area (Å²) in [6.45, 7) is 1.86. The Morgan fingerprint density at radius 2 is 1.96 bits per heavy atom. The van der Waals surface area contributed by atoms with Gasteiger partial charge in [0.25, 0.3) is 5.91 Å². The van der Waals surface area contributed by atoms with Crippen LogP contribution in [0.5, 0.6) is 0 Å². The quantitative estimate of drug-likeness (QED) is 0.661. The largest absolute Gasteiger partial charge is 0.298 e. The molecule has 2 N–H and O–H groups in total. The van der Waals surface area contributed by atoms with Crippen molar-refractivity contribution in [2.75, 3.05) is 11.9 Å². The SMILES string of the molecule is C#CCNS(=O)(=O)c1ccc(C(=O)Nc2nc3c(C)cccc3s2)cc1. The van der Waals surface area contributed by atoms with Gasteiger partial charge in [-0.3, -0.25) is 10.1 Å². The van der Waals surface area contributed by atoms with E-state index in [1.54, 1.807) is 0 Å². The minimum atomic E-state index is -3.68. The third kappa shape index (κ3) is 3.75. The average Bonchev–Trinajstić information content (AvgIpc) is 3.04. The summed E-state index contributed by atoms with van der Waals surface area (Å²) in [4.78, 5) is 16.8. The number of carbonyl (C=O) groups excluding carboxylic acids is 1. The molecule has 0 aliphatic rings. The van der Waals surface area contributed by atoms with Crippen molar-refractivity contribution in [2.24, 2.45) is 0 Å². The molecular formula is C18H15N3O3S2. The molecule has 0 spiro atoms. The first-order chi connectivity index (χ1) is 12.4. The summed E-state index contributed by atoms with van der Waals surface area (Å²) in [5.74, 6) is 1.85. The Balaban J connectivity index is 1.77. The molecule has 2 aromatic carbocycles. The molecular weight excluding hydrogens is 370 g/mol. The summed E-state index contributed by atoms with van der Waals surface area (Å²) in [6.07, 6.45) is 5.05. The first-order valence-corrected chi connectivity index (χ1v) is 9.91. The minimum absolute atomic E-state index is 0.0416. The van der Waals surface area contributed by atoms with Crippen molar-refractivity contribution in [1.82, 2.24) is 9.71 Å². The Morgan fingerprint density at radius 1 is 1.23 bits per heavy atom. The maximum atomic E-state index is 12.4. The lowest BCUT2D eigenvalue weighted by Crippen LogP contribution is -2.24. The molecule has 3 rings (SSSR count).